The van der Waals surface area contributed by atoms with Gasteiger partial charge in [-0.2, -0.15) is 0 Å². The third-order valence-corrected chi connectivity index (χ3v) is 2.43. The predicted molar refractivity (Wildman–Crippen MR) is 42.5 cm³/mol. The summed E-state index contributed by atoms with van der Waals surface area (Å²) in [7, 11) is 0. The molecule has 2 aliphatic heterocycles. The number of halogens is 1. The predicted octanol–water partition coefficient (Wildman–Crippen LogP) is 0.664. The van der Waals surface area contributed by atoms with Crippen LogP contribution < -0.4 is 5.32 Å². The zero-order valence-corrected chi connectivity index (χ0v) is 6.82. The largest absolute Gasteiger partial charge is 0.381 e. The number of hydrogen-bond acceptors (Lipinski definition) is 2. The van der Waals surface area contributed by atoms with Gasteiger partial charge < -0.3 is 10.1 Å². The van der Waals surface area contributed by atoms with Crippen molar-refractivity contribution in [3.05, 3.63) is 0 Å². The number of piperidine rings is 1. The molecular formula is C7H14ClNO. The van der Waals surface area contributed by atoms with Gasteiger partial charge in [0.05, 0.1) is 6.61 Å². The molecule has 1 N–H and O–H groups in total. The van der Waals surface area contributed by atoms with Gasteiger partial charge in [0.15, 0.2) is 0 Å². The maximum Gasteiger partial charge on any atom is 0.0510 e. The zero-order chi connectivity index (χ0) is 6.10. The third kappa shape index (κ3) is 1.44. The van der Waals surface area contributed by atoms with Crippen LogP contribution >= 0.6 is 12.4 Å². The molecule has 2 rings (SSSR count). The SMILES string of the molecule is C1C[C@@H]2COC[C@@H]2CN1.Cl. The van der Waals surface area contributed by atoms with Crippen molar-refractivity contribution < 1.29 is 4.74 Å². The summed E-state index contributed by atoms with van der Waals surface area (Å²) in [4.78, 5) is 0. The van der Waals surface area contributed by atoms with Gasteiger partial charge in [-0.3, -0.25) is 0 Å². The van der Waals surface area contributed by atoms with E-state index >= 15 is 0 Å². The average molecular weight is 164 g/mol. The molecule has 0 amide bonds. The number of rotatable bonds is 0. The van der Waals surface area contributed by atoms with Gasteiger partial charge in [0.2, 0.25) is 0 Å². The highest BCUT2D eigenvalue weighted by molar-refractivity contribution is 5.85. The van der Waals surface area contributed by atoms with Gasteiger partial charge in [-0.15, -0.1) is 12.4 Å². The van der Waals surface area contributed by atoms with E-state index in [1.54, 1.807) is 0 Å². The lowest BCUT2D eigenvalue weighted by Gasteiger charge is -2.23. The number of hydrogen-bond donors (Lipinski definition) is 1. The highest BCUT2D eigenvalue weighted by atomic mass is 35.5. The maximum absolute atomic E-state index is 5.35. The first-order valence-corrected chi connectivity index (χ1v) is 3.75. The van der Waals surface area contributed by atoms with Crippen molar-refractivity contribution in [1.29, 1.82) is 0 Å². The maximum atomic E-state index is 5.35. The van der Waals surface area contributed by atoms with Gasteiger partial charge >= 0.3 is 0 Å². The van der Waals surface area contributed by atoms with E-state index in [1.165, 1.54) is 19.5 Å². The summed E-state index contributed by atoms with van der Waals surface area (Å²) >= 11 is 0. The first-order valence-electron chi connectivity index (χ1n) is 3.75. The van der Waals surface area contributed by atoms with Crippen molar-refractivity contribution in [3.8, 4) is 0 Å². The molecule has 10 heavy (non-hydrogen) atoms. The molecule has 3 heteroatoms. The molecule has 0 bridgehead atoms. The smallest absolute Gasteiger partial charge is 0.0510 e. The first kappa shape index (κ1) is 8.31. The van der Waals surface area contributed by atoms with Crippen molar-refractivity contribution in [2.75, 3.05) is 26.3 Å². The molecule has 0 aromatic rings. The molecule has 2 fully saturated rings. The van der Waals surface area contributed by atoms with E-state index in [2.05, 4.69) is 5.32 Å². The Balaban J connectivity index is 0.000000500. The first-order chi connectivity index (χ1) is 4.47. The van der Waals surface area contributed by atoms with Crippen LogP contribution in [0, 0.1) is 11.8 Å². The van der Waals surface area contributed by atoms with Crippen molar-refractivity contribution in [1.82, 2.24) is 5.32 Å². The molecule has 2 nitrogen and oxygen atoms in total. The summed E-state index contributed by atoms with van der Waals surface area (Å²) < 4.78 is 5.35. The van der Waals surface area contributed by atoms with Crippen molar-refractivity contribution in [3.63, 3.8) is 0 Å². The standard InChI is InChI=1S/C7H13NO.ClH/c1-2-8-3-7-5-9-4-6(1)7;/h6-8H,1-5H2;1H/t6-,7+;/m1./s1. The minimum absolute atomic E-state index is 0. The molecule has 2 saturated heterocycles. The van der Waals surface area contributed by atoms with E-state index in [0.29, 0.717) is 0 Å². The van der Waals surface area contributed by atoms with Crippen molar-refractivity contribution in [2.45, 2.75) is 6.42 Å². The second-order valence-electron chi connectivity index (χ2n) is 3.05. The van der Waals surface area contributed by atoms with Gasteiger partial charge in [-0.25, -0.2) is 0 Å². The fourth-order valence-electron chi connectivity index (χ4n) is 1.76. The molecule has 0 aromatic carbocycles. The summed E-state index contributed by atoms with van der Waals surface area (Å²) in [6.45, 7) is 4.40. The van der Waals surface area contributed by atoms with Crippen LogP contribution in [0.25, 0.3) is 0 Å². The Morgan fingerprint density at radius 3 is 2.80 bits per heavy atom. The Labute approximate surface area is 67.7 Å². The molecule has 0 radical (unpaired) electrons. The summed E-state index contributed by atoms with van der Waals surface area (Å²) in [5.41, 5.74) is 0. The van der Waals surface area contributed by atoms with E-state index in [1.807, 2.05) is 0 Å². The van der Waals surface area contributed by atoms with Crippen LogP contribution in [-0.2, 0) is 4.74 Å². The van der Waals surface area contributed by atoms with E-state index in [4.69, 9.17) is 4.74 Å². The molecule has 2 heterocycles. The van der Waals surface area contributed by atoms with Gasteiger partial charge in [-0.1, -0.05) is 0 Å². The van der Waals surface area contributed by atoms with Crippen LogP contribution in [0.2, 0.25) is 0 Å². The average Bonchev–Trinajstić information content (AvgIpc) is 2.33. The molecule has 0 unspecified atom stereocenters. The van der Waals surface area contributed by atoms with E-state index < -0.39 is 0 Å². The quantitative estimate of drug-likeness (QED) is 0.567. The number of fused-ring (bicyclic) bond motifs is 1. The second-order valence-corrected chi connectivity index (χ2v) is 3.05. The third-order valence-electron chi connectivity index (χ3n) is 2.43. The zero-order valence-electron chi connectivity index (χ0n) is 6.01. The van der Waals surface area contributed by atoms with Gasteiger partial charge in [-0.05, 0) is 24.8 Å². The topological polar surface area (TPSA) is 21.3 Å². The molecule has 60 valence electrons. The summed E-state index contributed by atoms with van der Waals surface area (Å²) in [5.74, 6) is 1.71. The molecule has 2 atom stereocenters. The lowest BCUT2D eigenvalue weighted by Crippen LogP contribution is -2.35. The minimum atomic E-state index is 0. The van der Waals surface area contributed by atoms with Crippen molar-refractivity contribution in [2.24, 2.45) is 11.8 Å². The second kappa shape index (κ2) is 3.56. The minimum Gasteiger partial charge on any atom is -0.381 e. The monoisotopic (exact) mass is 163 g/mol. The lowest BCUT2D eigenvalue weighted by molar-refractivity contribution is 0.182. The van der Waals surface area contributed by atoms with Crippen LogP contribution in [0.15, 0.2) is 0 Å². The van der Waals surface area contributed by atoms with E-state index in [-0.39, 0.29) is 12.4 Å². The Morgan fingerprint density at radius 2 is 2.00 bits per heavy atom. The van der Waals surface area contributed by atoms with Crippen LogP contribution in [-0.4, -0.2) is 26.3 Å². The molecule has 0 aliphatic carbocycles. The van der Waals surface area contributed by atoms with Gasteiger partial charge in [0.25, 0.3) is 0 Å². The lowest BCUT2D eigenvalue weighted by atomic mass is 9.90. The normalized spacial score (nSPS) is 38.4. The highest BCUT2D eigenvalue weighted by Gasteiger charge is 2.29. The molecular weight excluding hydrogens is 150 g/mol. The Kier molecular flexibility index (Phi) is 2.96. The Bertz CT molecular complexity index is 97.8. The Hall–Kier alpha value is 0.210. The van der Waals surface area contributed by atoms with E-state index in [0.717, 1.165) is 25.0 Å². The van der Waals surface area contributed by atoms with Crippen LogP contribution in [0.3, 0.4) is 0 Å². The Morgan fingerprint density at radius 1 is 1.20 bits per heavy atom. The van der Waals surface area contributed by atoms with Gasteiger partial charge in [0, 0.05) is 13.2 Å². The molecule has 2 aliphatic rings. The molecule has 0 saturated carbocycles. The summed E-state index contributed by atoms with van der Waals surface area (Å²) in [6.07, 6.45) is 1.32. The van der Waals surface area contributed by atoms with Crippen LogP contribution in [0.5, 0.6) is 0 Å². The van der Waals surface area contributed by atoms with Crippen molar-refractivity contribution >= 4 is 12.4 Å². The van der Waals surface area contributed by atoms with E-state index in [9.17, 15) is 0 Å². The highest BCUT2D eigenvalue weighted by Crippen LogP contribution is 2.25. The summed E-state index contributed by atoms with van der Waals surface area (Å²) in [5, 5.41) is 3.38. The molecule has 0 spiro atoms. The van der Waals surface area contributed by atoms with Gasteiger partial charge in [0.1, 0.15) is 0 Å². The number of ether oxygens (including phenoxy) is 1. The number of nitrogens with one attached hydrogen (secondary N) is 1. The summed E-state index contributed by atoms with van der Waals surface area (Å²) in [6, 6.07) is 0. The van der Waals surface area contributed by atoms with Crippen LogP contribution in [0.1, 0.15) is 6.42 Å². The molecule has 0 aromatic heterocycles. The fourth-order valence-corrected chi connectivity index (χ4v) is 1.76. The fraction of sp³-hybridized carbons (Fsp3) is 1.00. The van der Waals surface area contributed by atoms with Crippen LogP contribution in [0.4, 0.5) is 0 Å².